The fourth-order valence-corrected chi connectivity index (χ4v) is 5.68. The molecular weight excluding hydrogens is 525 g/mol. The number of amides is 2. The Balaban J connectivity index is 1.17. The van der Waals surface area contributed by atoms with E-state index in [-0.39, 0.29) is 23.1 Å². The summed E-state index contributed by atoms with van der Waals surface area (Å²) in [6.45, 7) is 12.0. The number of ether oxygens (including phenoxy) is 1. The number of rotatable bonds is 11. The maximum atomic E-state index is 14.8. The lowest BCUT2D eigenvalue weighted by Gasteiger charge is -2.26. The van der Waals surface area contributed by atoms with Crippen LogP contribution in [0.4, 0.5) is 4.39 Å². The molecule has 0 spiro atoms. The predicted octanol–water partition coefficient (Wildman–Crippen LogP) is 4.85. The third-order valence-corrected chi connectivity index (χ3v) is 7.81. The number of benzene rings is 1. The van der Waals surface area contributed by atoms with Crippen LogP contribution >= 0.6 is 0 Å². The minimum Gasteiger partial charge on any atom is -0.493 e. The summed E-state index contributed by atoms with van der Waals surface area (Å²) in [6, 6.07) is 4.22. The number of halogens is 1. The van der Waals surface area contributed by atoms with Crippen LogP contribution in [0.25, 0.3) is 11.4 Å². The molecule has 2 fully saturated rings. The molecule has 2 heterocycles. The zero-order chi connectivity index (χ0) is 29.4. The van der Waals surface area contributed by atoms with E-state index < -0.39 is 11.9 Å². The minimum atomic E-state index is -0.532. The van der Waals surface area contributed by atoms with Gasteiger partial charge in [0.2, 0.25) is 23.5 Å². The second-order valence-corrected chi connectivity index (χ2v) is 12.8. The zero-order valence-corrected chi connectivity index (χ0v) is 25.1. The van der Waals surface area contributed by atoms with E-state index in [1.54, 1.807) is 19.1 Å². The lowest BCUT2D eigenvalue weighted by atomic mass is 9.92. The number of carbonyl (C=O) groups excluding carboxylic acids is 2. The van der Waals surface area contributed by atoms with Gasteiger partial charge < -0.3 is 24.4 Å². The fourth-order valence-electron chi connectivity index (χ4n) is 5.68. The lowest BCUT2D eigenvalue weighted by Crippen LogP contribution is -2.48. The van der Waals surface area contributed by atoms with Gasteiger partial charge in [0.25, 0.3) is 0 Å². The molecule has 10 heteroatoms. The second-order valence-electron chi connectivity index (χ2n) is 12.8. The Kier molecular flexibility index (Phi) is 10.8. The van der Waals surface area contributed by atoms with Crippen molar-refractivity contribution in [2.24, 2.45) is 11.3 Å². The number of nitrogens with one attached hydrogen (secondary N) is 1. The summed E-state index contributed by atoms with van der Waals surface area (Å²) in [5.74, 6) is 1.34. The second kappa shape index (κ2) is 14.2. The van der Waals surface area contributed by atoms with Gasteiger partial charge in [0, 0.05) is 45.1 Å². The van der Waals surface area contributed by atoms with Gasteiger partial charge in [0.1, 0.15) is 17.6 Å². The van der Waals surface area contributed by atoms with Crippen LogP contribution in [0.2, 0.25) is 0 Å². The smallest absolute Gasteiger partial charge is 0.244 e. The Labute approximate surface area is 243 Å². The van der Waals surface area contributed by atoms with E-state index in [1.165, 1.54) is 31.7 Å². The first-order chi connectivity index (χ1) is 19.6. The number of hydrogen-bond acceptors (Lipinski definition) is 7. The largest absolute Gasteiger partial charge is 0.493 e. The topological polar surface area (TPSA) is 101 Å². The maximum absolute atomic E-state index is 14.8. The summed E-state index contributed by atoms with van der Waals surface area (Å²) in [5, 5.41) is 6.84. The third kappa shape index (κ3) is 9.51. The average molecular weight is 572 g/mol. The van der Waals surface area contributed by atoms with E-state index in [0.29, 0.717) is 49.2 Å². The van der Waals surface area contributed by atoms with Gasteiger partial charge in [-0.2, -0.15) is 4.98 Å². The van der Waals surface area contributed by atoms with Gasteiger partial charge in [-0.3, -0.25) is 9.59 Å². The molecule has 1 saturated carbocycles. The van der Waals surface area contributed by atoms with Crippen molar-refractivity contribution in [3.8, 4) is 17.1 Å². The van der Waals surface area contributed by atoms with Crippen molar-refractivity contribution in [2.45, 2.75) is 85.1 Å². The molecule has 0 unspecified atom stereocenters. The van der Waals surface area contributed by atoms with Crippen molar-refractivity contribution in [3.05, 3.63) is 29.9 Å². The van der Waals surface area contributed by atoms with Gasteiger partial charge in [-0.15, -0.1) is 0 Å². The monoisotopic (exact) mass is 571 g/mol. The number of carbonyl (C=O) groups is 2. The van der Waals surface area contributed by atoms with Crippen molar-refractivity contribution < 1.29 is 23.2 Å². The molecule has 1 atom stereocenters. The van der Waals surface area contributed by atoms with Crippen molar-refractivity contribution in [2.75, 3.05) is 39.3 Å². The molecular formula is C31H46FN5O4. The van der Waals surface area contributed by atoms with E-state index in [9.17, 15) is 14.0 Å². The lowest BCUT2D eigenvalue weighted by molar-refractivity contribution is -0.136. The molecule has 4 rings (SSSR count). The molecule has 1 aromatic carbocycles. The Morgan fingerprint density at radius 3 is 2.66 bits per heavy atom. The van der Waals surface area contributed by atoms with Gasteiger partial charge >= 0.3 is 0 Å². The molecule has 2 amide bonds. The number of nitrogens with zero attached hydrogens (tertiary/aromatic N) is 4. The van der Waals surface area contributed by atoms with Crippen molar-refractivity contribution in [1.29, 1.82) is 0 Å². The summed E-state index contributed by atoms with van der Waals surface area (Å²) in [7, 11) is 0. The summed E-state index contributed by atoms with van der Waals surface area (Å²) >= 11 is 0. The van der Waals surface area contributed by atoms with Crippen molar-refractivity contribution in [1.82, 2.24) is 25.3 Å². The highest BCUT2D eigenvalue weighted by Gasteiger charge is 2.26. The van der Waals surface area contributed by atoms with E-state index in [0.717, 1.165) is 38.9 Å². The average Bonchev–Trinajstić information content (AvgIpc) is 3.53. The quantitative estimate of drug-likeness (QED) is 0.385. The molecule has 1 aliphatic heterocycles. The van der Waals surface area contributed by atoms with Gasteiger partial charge in [-0.25, -0.2) is 4.39 Å². The zero-order valence-electron chi connectivity index (χ0n) is 25.1. The Hall–Kier alpha value is -3.01. The SMILES string of the molecule is C[C@@H](NC(=O)CC(C)(C)C)C(=O)N1CCCN(CCCOc2ccc(-c3noc(CC4CCCC4)n3)c(F)c2)CC1. The van der Waals surface area contributed by atoms with E-state index >= 15 is 0 Å². The van der Waals surface area contributed by atoms with E-state index in [1.807, 2.05) is 25.7 Å². The highest BCUT2D eigenvalue weighted by molar-refractivity contribution is 5.87. The van der Waals surface area contributed by atoms with Crippen LogP contribution in [0.15, 0.2) is 22.7 Å². The molecule has 1 aliphatic carbocycles. The molecule has 1 aromatic heterocycles. The maximum Gasteiger partial charge on any atom is 0.244 e. The fraction of sp³-hybridized carbons (Fsp3) is 0.677. The summed E-state index contributed by atoms with van der Waals surface area (Å²) in [5.41, 5.74) is 0.191. The third-order valence-electron chi connectivity index (χ3n) is 7.81. The molecule has 1 N–H and O–H groups in total. The number of hydrogen-bond donors (Lipinski definition) is 1. The summed E-state index contributed by atoms with van der Waals surface area (Å²) < 4.78 is 26.0. The molecule has 41 heavy (non-hydrogen) atoms. The molecule has 9 nitrogen and oxygen atoms in total. The molecule has 2 aromatic rings. The van der Waals surface area contributed by atoms with Crippen LogP contribution in [0.3, 0.4) is 0 Å². The molecule has 0 bridgehead atoms. The van der Waals surface area contributed by atoms with Gasteiger partial charge in [0.05, 0.1) is 12.2 Å². The van der Waals surface area contributed by atoms with Crippen LogP contribution in [0, 0.1) is 17.2 Å². The Morgan fingerprint density at radius 1 is 1.15 bits per heavy atom. The number of aromatic nitrogens is 2. The van der Waals surface area contributed by atoms with Crippen LogP contribution in [0.5, 0.6) is 5.75 Å². The van der Waals surface area contributed by atoms with Gasteiger partial charge in [-0.05, 0) is 62.6 Å². The first-order valence-electron chi connectivity index (χ1n) is 15.1. The molecule has 1 saturated heterocycles. The summed E-state index contributed by atoms with van der Waals surface area (Å²) in [6.07, 6.45) is 7.68. The van der Waals surface area contributed by atoms with Crippen LogP contribution in [0.1, 0.15) is 78.5 Å². The normalized spacial score (nSPS) is 17.8. The van der Waals surface area contributed by atoms with Gasteiger partial charge in [0.15, 0.2) is 0 Å². The highest BCUT2D eigenvalue weighted by Crippen LogP contribution is 2.29. The summed E-state index contributed by atoms with van der Waals surface area (Å²) in [4.78, 5) is 33.8. The highest BCUT2D eigenvalue weighted by atomic mass is 19.1. The molecule has 2 aliphatic rings. The van der Waals surface area contributed by atoms with Gasteiger partial charge in [-0.1, -0.05) is 38.8 Å². The standard InChI is InChI=1S/C31H46FN5O4/c1-22(33-27(38)21-31(2,3)4)30(39)37-15-7-13-36(16-17-37)14-8-18-40-24-11-12-25(26(32)20-24)29-34-28(41-35-29)19-23-9-5-6-10-23/h11-12,20,22-23H,5-10,13-19,21H2,1-4H3,(H,33,38)/t22-/m1/s1. The first-order valence-corrected chi connectivity index (χ1v) is 15.1. The Morgan fingerprint density at radius 2 is 1.93 bits per heavy atom. The van der Waals surface area contributed by atoms with Crippen molar-refractivity contribution >= 4 is 11.8 Å². The van der Waals surface area contributed by atoms with Crippen LogP contribution < -0.4 is 10.1 Å². The van der Waals surface area contributed by atoms with Crippen LogP contribution in [-0.4, -0.2) is 77.1 Å². The Bertz CT molecular complexity index is 1160. The molecule has 0 radical (unpaired) electrons. The molecule has 226 valence electrons. The minimum absolute atomic E-state index is 0.0335. The van der Waals surface area contributed by atoms with Crippen molar-refractivity contribution in [3.63, 3.8) is 0 Å². The van der Waals surface area contributed by atoms with E-state index in [4.69, 9.17) is 9.26 Å². The van der Waals surface area contributed by atoms with Crippen LogP contribution in [-0.2, 0) is 16.0 Å². The predicted molar refractivity (Wildman–Crippen MR) is 155 cm³/mol. The van der Waals surface area contributed by atoms with E-state index in [2.05, 4.69) is 20.4 Å². The first kappa shape index (κ1) is 30.9.